The Hall–Kier alpha value is -1.88. The Bertz CT molecular complexity index is 849. The van der Waals surface area contributed by atoms with Gasteiger partial charge in [-0.3, -0.25) is 9.56 Å². The molecule has 1 atom stereocenters. The first-order valence-electron chi connectivity index (χ1n) is 10.6. The van der Waals surface area contributed by atoms with E-state index in [1.54, 1.807) is 9.25 Å². The van der Waals surface area contributed by atoms with Crippen molar-refractivity contribution in [2.45, 2.75) is 51.6 Å². The Labute approximate surface area is 194 Å². The second kappa shape index (κ2) is 12.7. The molecular formula is C21H33IN6O2. The lowest BCUT2D eigenvalue weighted by Crippen LogP contribution is -2.38. The molecule has 0 radical (unpaired) electrons. The molecule has 0 spiro atoms. The van der Waals surface area contributed by atoms with Crippen LogP contribution in [-0.4, -0.2) is 51.7 Å². The van der Waals surface area contributed by atoms with Crippen molar-refractivity contribution in [3.8, 4) is 0 Å². The van der Waals surface area contributed by atoms with E-state index < -0.39 is 0 Å². The predicted molar refractivity (Wildman–Crippen MR) is 130 cm³/mol. The topological polar surface area (TPSA) is 96.5 Å². The lowest BCUT2D eigenvalue weighted by atomic mass is 10.0. The summed E-state index contributed by atoms with van der Waals surface area (Å²) in [7, 11) is 0. The normalized spacial score (nSPS) is 14.5. The smallest absolute Gasteiger partial charge is 0.345 e. The third kappa shape index (κ3) is 6.56. The molecule has 1 unspecified atom stereocenters. The van der Waals surface area contributed by atoms with Crippen LogP contribution in [0, 0.1) is 0 Å². The monoisotopic (exact) mass is 528 g/mol. The van der Waals surface area contributed by atoms with Gasteiger partial charge in [-0.2, -0.15) is 5.10 Å². The highest BCUT2D eigenvalue weighted by Crippen LogP contribution is 2.15. The van der Waals surface area contributed by atoms with E-state index in [1.165, 1.54) is 0 Å². The SMILES string of the molecule is CCNC(=NCC(CO)c1ccccc1)NCCCn1nc2n(c1=O)CCCC2.I. The first-order valence-corrected chi connectivity index (χ1v) is 10.6. The minimum Gasteiger partial charge on any atom is -0.396 e. The van der Waals surface area contributed by atoms with Crippen molar-refractivity contribution in [1.82, 2.24) is 25.0 Å². The van der Waals surface area contributed by atoms with Gasteiger partial charge >= 0.3 is 5.69 Å². The molecule has 0 aliphatic carbocycles. The molecule has 3 rings (SSSR count). The summed E-state index contributed by atoms with van der Waals surface area (Å²) in [5, 5.41) is 20.7. The van der Waals surface area contributed by atoms with Crippen LogP contribution in [0.5, 0.6) is 0 Å². The van der Waals surface area contributed by atoms with Gasteiger partial charge in [0.25, 0.3) is 0 Å². The lowest BCUT2D eigenvalue weighted by Gasteiger charge is -2.15. The van der Waals surface area contributed by atoms with Gasteiger partial charge in [0.2, 0.25) is 0 Å². The number of rotatable bonds is 9. The number of halogens is 1. The summed E-state index contributed by atoms with van der Waals surface area (Å²) in [5.41, 5.74) is 1.09. The number of guanidine groups is 1. The van der Waals surface area contributed by atoms with Crippen LogP contribution < -0.4 is 16.3 Å². The number of nitrogens with one attached hydrogen (secondary N) is 2. The minimum atomic E-state index is -0.0258. The summed E-state index contributed by atoms with van der Waals surface area (Å²) in [5.74, 6) is 1.61. The second-order valence-corrected chi connectivity index (χ2v) is 7.32. The number of aryl methyl sites for hydroxylation is 2. The zero-order valence-electron chi connectivity index (χ0n) is 17.6. The highest BCUT2D eigenvalue weighted by atomic mass is 127. The van der Waals surface area contributed by atoms with Crippen LogP contribution in [0.25, 0.3) is 0 Å². The van der Waals surface area contributed by atoms with Crippen molar-refractivity contribution < 1.29 is 5.11 Å². The molecule has 2 heterocycles. The third-order valence-corrected chi connectivity index (χ3v) is 5.18. The van der Waals surface area contributed by atoms with Gasteiger partial charge in [0, 0.05) is 38.5 Å². The van der Waals surface area contributed by atoms with Crippen LogP contribution in [0.1, 0.15) is 43.5 Å². The molecule has 0 bridgehead atoms. The van der Waals surface area contributed by atoms with Crippen molar-refractivity contribution in [3.63, 3.8) is 0 Å². The Morgan fingerprint density at radius 1 is 1.27 bits per heavy atom. The van der Waals surface area contributed by atoms with Gasteiger partial charge in [-0.1, -0.05) is 30.3 Å². The van der Waals surface area contributed by atoms with Gasteiger partial charge in [-0.25, -0.2) is 9.48 Å². The summed E-state index contributed by atoms with van der Waals surface area (Å²) < 4.78 is 3.39. The summed E-state index contributed by atoms with van der Waals surface area (Å²) >= 11 is 0. The molecule has 0 amide bonds. The van der Waals surface area contributed by atoms with Crippen LogP contribution in [0.15, 0.2) is 40.1 Å². The molecule has 0 fully saturated rings. The minimum absolute atomic E-state index is 0. The molecular weight excluding hydrogens is 495 g/mol. The van der Waals surface area contributed by atoms with E-state index in [9.17, 15) is 9.90 Å². The van der Waals surface area contributed by atoms with Crippen LogP contribution in [0.4, 0.5) is 0 Å². The highest BCUT2D eigenvalue weighted by molar-refractivity contribution is 14.0. The zero-order valence-corrected chi connectivity index (χ0v) is 19.9. The molecule has 0 saturated heterocycles. The number of fused-ring (bicyclic) bond motifs is 1. The maximum absolute atomic E-state index is 12.4. The van der Waals surface area contributed by atoms with Gasteiger partial charge in [-0.05, 0) is 31.7 Å². The van der Waals surface area contributed by atoms with E-state index in [0.717, 1.165) is 56.1 Å². The molecule has 30 heavy (non-hydrogen) atoms. The van der Waals surface area contributed by atoms with E-state index >= 15 is 0 Å². The van der Waals surface area contributed by atoms with Crippen LogP contribution in [-0.2, 0) is 19.5 Å². The van der Waals surface area contributed by atoms with Gasteiger partial charge in [0.15, 0.2) is 5.96 Å². The van der Waals surface area contributed by atoms with Gasteiger partial charge in [0.1, 0.15) is 5.82 Å². The first-order chi connectivity index (χ1) is 14.2. The number of aliphatic hydroxyl groups excluding tert-OH is 1. The van der Waals surface area contributed by atoms with Crippen molar-refractivity contribution >= 4 is 29.9 Å². The Balaban J connectivity index is 0.00000320. The average molecular weight is 528 g/mol. The molecule has 1 aromatic carbocycles. The Morgan fingerprint density at radius 3 is 2.77 bits per heavy atom. The zero-order chi connectivity index (χ0) is 20.5. The maximum Gasteiger partial charge on any atom is 0.345 e. The maximum atomic E-state index is 12.4. The molecule has 3 N–H and O–H groups in total. The number of hydrogen-bond donors (Lipinski definition) is 3. The third-order valence-electron chi connectivity index (χ3n) is 5.18. The molecule has 2 aromatic rings. The van der Waals surface area contributed by atoms with E-state index in [0.29, 0.717) is 19.6 Å². The molecule has 0 saturated carbocycles. The quantitative estimate of drug-likeness (QED) is 0.200. The predicted octanol–water partition coefficient (Wildman–Crippen LogP) is 1.72. The molecule has 1 aliphatic heterocycles. The number of nitrogens with zero attached hydrogens (tertiary/aromatic N) is 4. The number of aliphatic imine (C=N–C) groups is 1. The number of benzene rings is 1. The summed E-state index contributed by atoms with van der Waals surface area (Å²) in [6, 6.07) is 9.94. The van der Waals surface area contributed by atoms with Crippen molar-refractivity contribution in [2.75, 3.05) is 26.2 Å². The van der Waals surface area contributed by atoms with Crippen LogP contribution >= 0.6 is 24.0 Å². The second-order valence-electron chi connectivity index (χ2n) is 7.32. The lowest BCUT2D eigenvalue weighted by molar-refractivity contribution is 0.268. The Morgan fingerprint density at radius 2 is 2.07 bits per heavy atom. The molecule has 1 aromatic heterocycles. The molecule has 1 aliphatic rings. The van der Waals surface area contributed by atoms with Crippen molar-refractivity contribution in [1.29, 1.82) is 0 Å². The van der Waals surface area contributed by atoms with E-state index in [2.05, 4.69) is 20.7 Å². The molecule has 9 heteroatoms. The standard InChI is InChI=1S/C21H32N6O2.HI/c1-2-22-20(24-15-18(16-28)17-9-4-3-5-10-17)23-12-8-14-27-21(29)26-13-7-6-11-19(26)25-27;/h3-5,9-10,18,28H,2,6-8,11-16H2,1H3,(H2,22,23,24);1H. The fourth-order valence-corrected chi connectivity index (χ4v) is 3.57. The number of aromatic nitrogens is 3. The largest absolute Gasteiger partial charge is 0.396 e. The van der Waals surface area contributed by atoms with E-state index in [4.69, 9.17) is 0 Å². The fourth-order valence-electron chi connectivity index (χ4n) is 3.57. The number of aliphatic hydroxyl groups is 1. The van der Waals surface area contributed by atoms with E-state index in [-0.39, 0.29) is 42.2 Å². The molecule has 8 nitrogen and oxygen atoms in total. The van der Waals surface area contributed by atoms with Crippen LogP contribution in [0.2, 0.25) is 0 Å². The van der Waals surface area contributed by atoms with Gasteiger partial charge in [0.05, 0.1) is 13.2 Å². The first kappa shape index (κ1) is 24.4. The number of hydrogen-bond acceptors (Lipinski definition) is 4. The van der Waals surface area contributed by atoms with Crippen molar-refractivity contribution in [3.05, 3.63) is 52.2 Å². The average Bonchev–Trinajstić information content (AvgIpc) is 3.08. The summed E-state index contributed by atoms with van der Waals surface area (Å²) in [6.07, 6.45) is 3.84. The van der Waals surface area contributed by atoms with Gasteiger partial charge in [-0.15, -0.1) is 24.0 Å². The van der Waals surface area contributed by atoms with Crippen molar-refractivity contribution in [2.24, 2.45) is 4.99 Å². The highest BCUT2D eigenvalue weighted by Gasteiger charge is 2.16. The Kier molecular flexibility index (Phi) is 10.4. The fraction of sp³-hybridized carbons (Fsp3) is 0.571. The molecule has 166 valence electrons. The van der Waals surface area contributed by atoms with E-state index in [1.807, 2.05) is 37.3 Å². The summed E-state index contributed by atoms with van der Waals surface area (Å²) in [4.78, 5) is 17.0. The summed E-state index contributed by atoms with van der Waals surface area (Å²) in [6.45, 7) is 5.41. The van der Waals surface area contributed by atoms with Crippen LogP contribution in [0.3, 0.4) is 0 Å². The van der Waals surface area contributed by atoms with Gasteiger partial charge < -0.3 is 15.7 Å².